The summed E-state index contributed by atoms with van der Waals surface area (Å²) in [6.45, 7) is 1.23. The number of benzene rings is 2. The van der Waals surface area contributed by atoms with Crippen molar-refractivity contribution in [3.05, 3.63) is 64.6 Å². The van der Waals surface area contributed by atoms with Gasteiger partial charge in [-0.3, -0.25) is 0 Å². The molecule has 2 rings (SSSR count). The highest BCUT2D eigenvalue weighted by Crippen LogP contribution is 2.34. The van der Waals surface area contributed by atoms with Crippen LogP contribution in [0, 0.1) is 4.78 Å². The zero-order chi connectivity index (χ0) is 15.7. The van der Waals surface area contributed by atoms with E-state index in [9.17, 15) is 13.7 Å². The summed E-state index contributed by atoms with van der Waals surface area (Å²) < 4.78 is 35.9. The maximum absolute atomic E-state index is 14.7. The molecule has 2 aromatic rings. The lowest BCUT2D eigenvalue weighted by atomic mass is 9.98. The molecule has 2 aromatic carbocycles. The number of hydrogen-bond donors (Lipinski definition) is 2. The Bertz CT molecular complexity index is 715. The van der Waals surface area contributed by atoms with Gasteiger partial charge in [0.2, 0.25) is 5.50 Å². The second-order valence-corrected chi connectivity index (χ2v) is 7.89. The molecule has 0 amide bonds. The maximum atomic E-state index is 14.7. The second kappa shape index (κ2) is 5.87. The summed E-state index contributed by atoms with van der Waals surface area (Å²) in [4.78, 5) is 0.0647. The molecule has 2 N–H and O–H groups in total. The van der Waals surface area contributed by atoms with Crippen LogP contribution in [0.4, 0.5) is 4.39 Å². The highest BCUT2D eigenvalue weighted by molar-refractivity contribution is 9.10. The zero-order valence-corrected chi connectivity index (χ0v) is 13.7. The molecule has 0 saturated heterocycles. The van der Waals surface area contributed by atoms with Crippen LogP contribution in [0.5, 0.6) is 0 Å². The van der Waals surface area contributed by atoms with Gasteiger partial charge in [0.1, 0.15) is 15.3 Å². The number of alkyl halides is 1. The molecule has 21 heavy (non-hydrogen) atoms. The first-order valence-electron chi connectivity index (χ1n) is 6.21. The Morgan fingerprint density at radius 3 is 2.24 bits per heavy atom. The molecule has 0 bridgehead atoms. The first kappa shape index (κ1) is 16.1. The third kappa shape index (κ3) is 3.17. The Labute approximate surface area is 131 Å². The van der Waals surface area contributed by atoms with E-state index in [4.69, 9.17) is 4.78 Å². The molecular formula is C15H15BrFNO2S. The van der Waals surface area contributed by atoms with Gasteiger partial charge in [-0.15, -0.1) is 0 Å². The van der Waals surface area contributed by atoms with Crippen molar-refractivity contribution in [1.82, 2.24) is 0 Å². The van der Waals surface area contributed by atoms with Crippen molar-refractivity contribution in [1.29, 1.82) is 4.78 Å². The van der Waals surface area contributed by atoms with Crippen molar-refractivity contribution in [2.45, 2.75) is 22.9 Å². The summed E-state index contributed by atoms with van der Waals surface area (Å²) in [6.07, 6.45) is 0. The minimum atomic E-state index is -3.78. The van der Waals surface area contributed by atoms with E-state index in [0.29, 0.717) is 0 Å². The average Bonchev–Trinajstić information content (AvgIpc) is 2.47. The molecule has 3 nitrogen and oxygen atoms in total. The van der Waals surface area contributed by atoms with E-state index in [1.807, 2.05) is 0 Å². The average molecular weight is 372 g/mol. The zero-order valence-electron chi connectivity index (χ0n) is 11.3. The minimum Gasteiger partial charge on any atom is -0.381 e. The Balaban J connectivity index is 2.42. The number of nitrogens with one attached hydrogen (secondary N) is 1. The van der Waals surface area contributed by atoms with Crippen LogP contribution in [0.2, 0.25) is 0 Å². The Hall–Kier alpha value is -1.24. The fraction of sp³-hybridized carbons (Fsp3) is 0.200. The standard InChI is InChI=1S/C15H15BrFNO2S/c1-15(19,11-7-9-12(16)10-8-11)14(17)21(18,20)13-5-3-2-4-6-13/h2-10,14,18-19H,1H3/t14?,15-,21+/m0/s1. The van der Waals surface area contributed by atoms with Crippen LogP contribution in [0.15, 0.2) is 64.0 Å². The van der Waals surface area contributed by atoms with Gasteiger partial charge in [0, 0.05) is 4.47 Å². The Morgan fingerprint density at radius 1 is 1.19 bits per heavy atom. The van der Waals surface area contributed by atoms with Gasteiger partial charge in [0.25, 0.3) is 0 Å². The highest BCUT2D eigenvalue weighted by atomic mass is 79.9. The molecule has 0 aliphatic rings. The molecule has 0 fully saturated rings. The van der Waals surface area contributed by atoms with Crippen LogP contribution in [0.3, 0.4) is 0 Å². The van der Waals surface area contributed by atoms with Gasteiger partial charge in [0.15, 0.2) is 0 Å². The van der Waals surface area contributed by atoms with Gasteiger partial charge in [-0.2, -0.15) is 0 Å². The molecule has 0 aromatic heterocycles. The van der Waals surface area contributed by atoms with E-state index >= 15 is 0 Å². The normalized spacial score (nSPS) is 18.5. The fourth-order valence-electron chi connectivity index (χ4n) is 1.98. The molecule has 0 saturated carbocycles. The maximum Gasteiger partial charge on any atom is 0.219 e. The summed E-state index contributed by atoms with van der Waals surface area (Å²) in [5.74, 6) is 0. The molecule has 0 aliphatic carbocycles. The number of aliphatic hydroxyl groups is 1. The minimum absolute atomic E-state index is 0.0647. The molecule has 0 spiro atoms. The third-order valence-corrected chi connectivity index (χ3v) is 5.80. The van der Waals surface area contributed by atoms with Crippen molar-refractivity contribution < 1.29 is 13.7 Å². The first-order chi connectivity index (χ1) is 9.76. The van der Waals surface area contributed by atoms with Crippen LogP contribution in [-0.4, -0.2) is 14.8 Å². The molecule has 112 valence electrons. The van der Waals surface area contributed by atoms with E-state index in [2.05, 4.69) is 15.9 Å². The molecule has 0 aliphatic heterocycles. The lowest BCUT2D eigenvalue weighted by molar-refractivity contribution is 0.0115. The van der Waals surface area contributed by atoms with Crippen molar-refractivity contribution >= 4 is 25.7 Å². The Kier molecular flexibility index (Phi) is 4.51. The van der Waals surface area contributed by atoms with E-state index in [0.717, 1.165) is 4.47 Å². The van der Waals surface area contributed by atoms with Crippen molar-refractivity contribution in [3.63, 3.8) is 0 Å². The number of hydrogen-bond acceptors (Lipinski definition) is 3. The number of halogens is 2. The summed E-state index contributed by atoms with van der Waals surface area (Å²) >= 11 is 3.26. The van der Waals surface area contributed by atoms with Gasteiger partial charge < -0.3 is 5.11 Å². The molecule has 0 radical (unpaired) electrons. The third-order valence-electron chi connectivity index (χ3n) is 3.26. The quantitative estimate of drug-likeness (QED) is 0.850. The highest BCUT2D eigenvalue weighted by Gasteiger charge is 2.41. The van der Waals surface area contributed by atoms with Crippen molar-refractivity contribution in [2.24, 2.45) is 0 Å². The van der Waals surface area contributed by atoms with Gasteiger partial charge >= 0.3 is 0 Å². The topological polar surface area (TPSA) is 61.1 Å². The lowest BCUT2D eigenvalue weighted by Gasteiger charge is -2.29. The van der Waals surface area contributed by atoms with Crippen LogP contribution < -0.4 is 0 Å². The summed E-state index contributed by atoms with van der Waals surface area (Å²) in [6, 6.07) is 14.1. The van der Waals surface area contributed by atoms with E-state index in [-0.39, 0.29) is 10.5 Å². The largest absolute Gasteiger partial charge is 0.381 e. The van der Waals surface area contributed by atoms with E-state index in [1.165, 1.54) is 31.2 Å². The van der Waals surface area contributed by atoms with E-state index < -0.39 is 20.8 Å². The number of rotatable bonds is 4. The predicted molar refractivity (Wildman–Crippen MR) is 84.2 cm³/mol. The summed E-state index contributed by atoms with van der Waals surface area (Å²) in [5.41, 5.74) is -3.99. The van der Waals surface area contributed by atoms with Gasteiger partial charge in [-0.25, -0.2) is 13.4 Å². The van der Waals surface area contributed by atoms with E-state index in [1.54, 1.807) is 30.3 Å². The van der Waals surface area contributed by atoms with Gasteiger partial charge in [-0.1, -0.05) is 46.3 Å². The predicted octanol–water partition coefficient (Wildman–Crippen LogP) is 4.06. The van der Waals surface area contributed by atoms with Gasteiger partial charge in [0.05, 0.1) is 4.90 Å². The molecule has 0 heterocycles. The van der Waals surface area contributed by atoms with Crippen LogP contribution in [0.1, 0.15) is 12.5 Å². The smallest absolute Gasteiger partial charge is 0.219 e. The lowest BCUT2D eigenvalue weighted by Crippen LogP contribution is -2.38. The van der Waals surface area contributed by atoms with Gasteiger partial charge in [-0.05, 0) is 36.8 Å². The second-order valence-electron chi connectivity index (χ2n) is 4.88. The molecule has 6 heteroatoms. The van der Waals surface area contributed by atoms with Crippen molar-refractivity contribution in [2.75, 3.05) is 0 Å². The Morgan fingerprint density at radius 2 is 1.71 bits per heavy atom. The first-order valence-corrected chi connectivity index (χ1v) is 8.63. The summed E-state index contributed by atoms with van der Waals surface area (Å²) in [5, 5.41) is 10.5. The monoisotopic (exact) mass is 371 g/mol. The van der Waals surface area contributed by atoms with Crippen LogP contribution >= 0.6 is 15.9 Å². The fourth-order valence-corrected chi connectivity index (χ4v) is 3.83. The van der Waals surface area contributed by atoms with Crippen molar-refractivity contribution in [3.8, 4) is 0 Å². The molecule has 1 unspecified atom stereocenters. The van der Waals surface area contributed by atoms with Crippen LogP contribution in [-0.2, 0) is 15.3 Å². The molecular weight excluding hydrogens is 357 g/mol. The summed E-state index contributed by atoms with van der Waals surface area (Å²) in [7, 11) is -3.78. The molecule has 3 atom stereocenters. The van der Waals surface area contributed by atoms with Crippen LogP contribution in [0.25, 0.3) is 0 Å². The SMILES string of the molecule is C[C@](O)(c1ccc(Br)cc1)C(F)[S@](=N)(=O)c1ccccc1.